The predicted octanol–water partition coefficient (Wildman–Crippen LogP) is 6.56. The summed E-state index contributed by atoms with van der Waals surface area (Å²) in [6.07, 6.45) is 4.80. The molecule has 41 heavy (non-hydrogen) atoms. The fraction of sp³-hybridized carbons (Fsp3) is 0.559. The molecule has 1 aliphatic carbocycles. The SMILES string of the molecule is Cc1cccc(C(C(=O)NC2CCCCC2)N(C(=O)C(Cc2ccccc2)NC(=O)OC(C)(C)C)C(C)(C)C)c1C. The number of benzene rings is 2. The van der Waals surface area contributed by atoms with Gasteiger partial charge in [0.15, 0.2) is 0 Å². The van der Waals surface area contributed by atoms with Crippen LogP contribution in [-0.2, 0) is 20.7 Å². The average molecular weight is 564 g/mol. The maximum atomic E-state index is 14.7. The zero-order valence-electron chi connectivity index (χ0n) is 26.2. The third-order valence-electron chi connectivity index (χ3n) is 7.63. The highest BCUT2D eigenvalue weighted by Gasteiger charge is 2.43. The number of hydrogen-bond acceptors (Lipinski definition) is 4. The van der Waals surface area contributed by atoms with Crippen LogP contribution >= 0.6 is 0 Å². The van der Waals surface area contributed by atoms with E-state index in [1.54, 1.807) is 25.7 Å². The van der Waals surface area contributed by atoms with E-state index in [1.165, 1.54) is 6.42 Å². The number of carbonyl (C=O) groups excluding carboxylic acids is 3. The first kappa shape index (κ1) is 32.2. The highest BCUT2D eigenvalue weighted by molar-refractivity contribution is 5.93. The monoisotopic (exact) mass is 563 g/mol. The molecular weight excluding hydrogens is 514 g/mol. The van der Waals surface area contributed by atoms with Crippen molar-refractivity contribution < 1.29 is 19.1 Å². The number of amides is 3. The summed E-state index contributed by atoms with van der Waals surface area (Å²) >= 11 is 0. The minimum Gasteiger partial charge on any atom is -0.444 e. The van der Waals surface area contributed by atoms with Gasteiger partial charge in [0.2, 0.25) is 11.8 Å². The Morgan fingerprint density at radius 3 is 2.12 bits per heavy atom. The summed E-state index contributed by atoms with van der Waals surface area (Å²) in [5, 5.41) is 6.13. The van der Waals surface area contributed by atoms with Gasteiger partial charge in [-0.25, -0.2) is 4.79 Å². The predicted molar refractivity (Wildman–Crippen MR) is 164 cm³/mol. The number of nitrogens with one attached hydrogen (secondary N) is 2. The van der Waals surface area contributed by atoms with Gasteiger partial charge in [0.1, 0.15) is 17.7 Å². The fourth-order valence-electron chi connectivity index (χ4n) is 5.51. The van der Waals surface area contributed by atoms with Gasteiger partial charge in [-0.2, -0.15) is 0 Å². The first-order valence-electron chi connectivity index (χ1n) is 14.9. The molecule has 7 nitrogen and oxygen atoms in total. The average Bonchev–Trinajstić information content (AvgIpc) is 2.87. The van der Waals surface area contributed by atoms with Gasteiger partial charge in [0, 0.05) is 18.0 Å². The van der Waals surface area contributed by atoms with E-state index in [4.69, 9.17) is 4.74 Å². The van der Waals surface area contributed by atoms with Crippen molar-refractivity contribution in [3.05, 3.63) is 70.8 Å². The highest BCUT2D eigenvalue weighted by atomic mass is 16.6. The Morgan fingerprint density at radius 2 is 1.54 bits per heavy atom. The van der Waals surface area contributed by atoms with E-state index >= 15 is 0 Å². The molecule has 0 bridgehead atoms. The molecule has 0 aliphatic heterocycles. The van der Waals surface area contributed by atoms with Gasteiger partial charge in [-0.15, -0.1) is 0 Å². The lowest BCUT2D eigenvalue weighted by Gasteiger charge is -2.44. The second kappa shape index (κ2) is 13.5. The third-order valence-corrected chi connectivity index (χ3v) is 7.63. The normalized spacial score (nSPS) is 15.9. The van der Waals surface area contributed by atoms with Crippen LogP contribution < -0.4 is 10.6 Å². The molecule has 0 saturated heterocycles. The number of ether oxygens (including phenoxy) is 1. The molecule has 2 aromatic rings. The number of alkyl carbamates (subject to hydrolysis) is 1. The van der Waals surface area contributed by atoms with Gasteiger partial charge in [-0.05, 0) is 90.5 Å². The molecule has 2 atom stereocenters. The minimum atomic E-state index is -0.943. The van der Waals surface area contributed by atoms with Gasteiger partial charge < -0.3 is 20.3 Å². The molecule has 7 heteroatoms. The molecule has 224 valence electrons. The Bertz CT molecular complexity index is 1190. The Hall–Kier alpha value is -3.35. The van der Waals surface area contributed by atoms with Crippen molar-refractivity contribution in [1.29, 1.82) is 0 Å². The molecule has 3 rings (SSSR count). The van der Waals surface area contributed by atoms with E-state index in [0.717, 1.165) is 47.9 Å². The molecular formula is C34H49N3O4. The number of hydrogen-bond donors (Lipinski definition) is 2. The molecule has 0 spiro atoms. The van der Waals surface area contributed by atoms with Crippen LogP contribution in [0.3, 0.4) is 0 Å². The number of carbonyl (C=O) groups is 3. The van der Waals surface area contributed by atoms with E-state index in [0.29, 0.717) is 0 Å². The Kier molecular flexibility index (Phi) is 10.6. The second-order valence-corrected chi connectivity index (χ2v) is 13.3. The van der Waals surface area contributed by atoms with E-state index in [1.807, 2.05) is 83.1 Å². The van der Waals surface area contributed by atoms with Gasteiger partial charge in [0.25, 0.3) is 0 Å². The maximum Gasteiger partial charge on any atom is 0.408 e. The molecule has 0 radical (unpaired) electrons. The quantitative estimate of drug-likeness (QED) is 0.381. The van der Waals surface area contributed by atoms with Crippen LogP contribution in [0.4, 0.5) is 4.79 Å². The summed E-state index contributed by atoms with van der Waals surface area (Å²) in [5.74, 6) is -0.526. The summed E-state index contributed by atoms with van der Waals surface area (Å²) in [5.41, 5.74) is 2.23. The Balaban J connectivity index is 2.09. The molecule has 2 unspecified atom stereocenters. The zero-order chi connectivity index (χ0) is 30.4. The first-order valence-corrected chi connectivity index (χ1v) is 14.9. The topological polar surface area (TPSA) is 87.7 Å². The Labute approximate surface area is 246 Å². The van der Waals surface area contributed by atoms with Crippen LogP contribution in [0.25, 0.3) is 0 Å². The minimum absolute atomic E-state index is 0.0841. The Morgan fingerprint density at radius 1 is 0.902 bits per heavy atom. The number of aryl methyl sites for hydroxylation is 1. The van der Waals surface area contributed by atoms with Crippen LogP contribution in [0, 0.1) is 13.8 Å². The van der Waals surface area contributed by atoms with Crippen LogP contribution in [0.5, 0.6) is 0 Å². The lowest BCUT2D eigenvalue weighted by atomic mass is 9.89. The molecule has 1 aliphatic rings. The van der Waals surface area contributed by atoms with E-state index in [-0.39, 0.29) is 24.3 Å². The molecule has 2 N–H and O–H groups in total. The van der Waals surface area contributed by atoms with Crippen molar-refractivity contribution in [3.63, 3.8) is 0 Å². The number of nitrogens with zero attached hydrogens (tertiary/aromatic N) is 1. The van der Waals surface area contributed by atoms with E-state index in [2.05, 4.69) is 10.6 Å². The lowest BCUT2D eigenvalue weighted by molar-refractivity contribution is -0.148. The van der Waals surface area contributed by atoms with Crippen molar-refractivity contribution in [2.75, 3.05) is 0 Å². The third kappa shape index (κ3) is 9.07. The van der Waals surface area contributed by atoms with E-state index in [9.17, 15) is 14.4 Å². The van der Waals surface area contributed by atoms with Gasteiger partial charge >= 0.3 is 6.09 Å². The van der Waals surface area contributed by atoms with Crippen molar-refractivity contribution in [2.45, 2.75) is 123 Å². The smallest absolute Gasteiger partial charge is 0.408 e. The molecule has 0 heterocycles. The first-order chi connectivity index (χ1) is 19.2. The van der Waals surface area contributed by atoms with Crippen molar-refractivity contribution >= 4 is 17.9 Å². The molecule has 1 saturated carbocycles. The van der Waals surface area contributed by atoms with Crippen molar-refractivity contribution in [1.82, 2.24) is 15.5 Å². The van der Waals surface area contributed by atoms with Crippen LogP contribution in [0.2, 0.25) is 0 Å². The van der Waals surface area contributed by atoms with Crippen molar-refractivity contribution in [3.8, 4) is 0 Å². The van der Waals surface area contributed by atoms with E-state index < -0.39 is 29.3 Å². The molecule has 0 aromatic heterocycles. The summed E-state index contributed by atoms with van der Waals surface area (Å²) in [6.45, 7) is 15.2. The lowest BCUT2D eigenvalue weighted by Crippen LogP contribution is -2.59. The maximum absolute atomic E-state index is 14.7. The van der Waals surface area contributed by atoms with Gasteiger partial charge in [0.05, 0.1) is 0 Å². The van der Waals surface area contributed by atoms with Gasteiger partial charge in [-0.3, -0.25) is 9.59 Å². The van der Waals surface area contributed by atoms with Crippen molar-refractivity contribution in [2.24, 2.45) is 0 Å². The summed E-state index contributed by atoms with van der Waals surface area (Å²) in [7, 11) is 0. The summed E-state index contributed by atoms with van der Waals surface area (Å²) in [6, 6.07) is 13.7. The summed E-state index contributed by atoms with van der Waals surface area (Å²) in [4.78, 5) is 43.6. The molecule has 1 fully saturated rings. The largest absolute Gasteiger partial charge is 0.444 e. The second-order valence-electron chi connectivity index (χ2n) is 13.3. The molecule has 2 aromatic carbocycles. The fourth-order valence-corrected chi connectivity index (χ4v) is 5.51. The highest BCUT2D eigenvalue weighted by Crippen LogP contribution is 2.33. The zero-order valence-corrected chi connectivity index (χ0v) is 26.2. The summed E-state index contributed by atoms with van der Waals surface area (Å²) < 4.78 is 5.55. The van der Waals surface area contributed by atoms with Crippen LogP contribution in [0.15, 0.2) is 48.5 Å². The standard InChI is InChI=1S/C34H49N3O4/c1-23-16-15-21-27(24(23)2)29(30(38)35-26-19-13-10-14-20-26)37(33(3,4)5)31(39)28(22-25-17-11-9-12-18-25)36-32(40)41-34(6,7)8/h9,11-12,15-18,21,26,28-29H,10,13-14,19-20,22H2,1-8H3,(H,35,38)(H,36,40). The van der Waals surface area contributed by atoms with Crippen LogP contribution in [0.1, 0.15) is 102 Å². The number of rotatable bonds is 8. The molecule has 3 amide bonds. The van der Waals surface area contributed by atoms with Crippen LogP contribution in [-0.4, -0.2) is 46.0 Å². The van der Waals surface area contributed by atoms with Gasteiger partial charge in [-0.1, -0.05) is 67.8 Å².